The fourth-order valence-electron chi connectivity index (χ4n) is 3.48. The fraction of sp³-hybridized carbons (Fsp3) is 0.280. The van der Waals surface area contributed by atoms with E-state index in [1.165, 1.54) is 22.4 Å². The highest BCUT2D eigenvalue weighted by atomic mass is 32.1. The number of fused-ring (bicyclic) bond motifs is 1. The van der Waals surface area contributed by atoms with Crippen LogP contribution >= 0.6 is 12.6 Å². The van der Waals surface area contributed by atoms with Crippen LogP contribution in [0, 0.1) is 6.92 Å². The highest BCUT2D eigenvalue weighted by Crippen LogP contribution is 2.39. The van der Waals surface area contributed by atoms with Gasteiger partial charge in [0.15, 0.2) is 0 Å². The number of hydrogen-bond donors (Lipinski definition) is 2. The van der Waals surface area contributed by atoms with E-state index in [4.69, 9.17) is 0 Å². The first-order valence-corrected chi connectivity index (χ1v) is 10.3. The molecule has 0 aliphatic carbocycles. The van der Waals surface area contributed by atoms with Crippen molar-refractivity contribution < 1.29 is 0 Å². The van der Waals surface area contributed by atoms with Gasteiger partial charge in [0.2, 0.25) is 0 Å². The number of anilines is 2. The molecule has 3 heteroatoms. The Morgan fingerprint density at radius 3 is 2.50 bits per heavy atom. The molecule has 0 bridgehead atoms. The minimum absolute atomic E-state index is 0.168. The summed E-state index contributed by atoms with van der Waals surface area (Å²) in [5.41, 5.74) is 8.12. The van der Waals surface area contributed by atoms with Crippen LogP contribution in [0.3, 0.4) is 0 Å². The van der Waals surface area contributed by atoms with Crippen molar-refractivity contribution in [2.45, 2.75) is 26.2 Å². The van der Waals surface area contributed by atoms with Gasteiger partial charge in [-0.05, 0) is 53.5 Å². The van der Waals surface area contributed by atoms with E-state index in [2.05, 4.69) is 112 Å². The van der Waals surface area contributed by atoms with Crippen LogP contribution in [0.25, 0.3) is 5.57 Å². The van der Waals surface area contributed by atoms with E-state index in [0.717, 1.165) is 29.1 Å². The standard InChI is InChI=1S/C25H30N2S/c1-18-6-11-24-23(16-18)25(3,4)19(2)17-21(12-13-26-24)20-7-9-22(10-8-20)27(5)14-15-28/h6-13,16-17,26,28H,2,14-15H2,1,3-5H3/b13-12-,21-17+. The van der Waals surface area contributed by atoms with Crippen molar-refractivity contribution in [3.8, 4) is 0 Å². The number of thiol groups is 1. The molecular weight excluding hydrogens is 360 g/mol. The quantitative estimate of drug-likeness (QED) is 0.603. The molecule has 146 valence electrons. The number of nitrogens with zero attached hydrogens (tertiary/aromatic N) is 1. The Morgan fingerprint density at radius 2 is 1.82 bits per heavy atom. The maximum Gasteiger partial charge on any atom is 0.0421 e. The van der Waals surface area contributed by atoms with Gasteiger partial charge in [0.1, 0.15) is 0 Å². The van der Waals surface area contributed by atoms with Gasteiger partial charge in [-0.2, -0.15) is 12.6 Å². The zero-order valence-electron chi connectivity index (χ0n) is 17.3. The molecule has 0 aromatic heterocycles. The molecule has 0 spiro atoms. The van der Waals surface area contributed by atoms with Crippen molar-refractivity contribution in [3.63, 3.8) is 0 Å². The number of hydrogen-bond acceptors (Lipinski definition) is 3. The first-order chi connectivity index (χ1) is 13.3. The third-order valence-electron chi connectivity index (χ3n) is 5.56. The van der Waals surface area contributed by atoms with E-state index in [1.54, 1.807) is 0 Å². The average Bonchev–Trinajstić information content (AvgIpc) is 2.72. The molecule has 1 aliphatic heterocycles. The Morgan fingerprint density at radius 1 is 1.11 bits per heavy atom. The molecule has 0 unspecified atom stereocenters. The number of benzene rings is 2. The second-order valence-corrected chi connectivity index (χ2v) is 8.42. The molecular formula is C25H30N2S. The molecule has 0 fully saturated rings. The third kappa shape index (κ3) is 4.20. The predicted molar refractivity (Wildman–Crippen MR) is 128 cm³/mol. The molecule has 1 aliphatic rings. The normalized spacial score (nSPS) is 18.6. The van der Waals surface area contributed by atoms with Gasteiger partial charge in [0.25, 0.3) is 0 Å². The lowest BCUT2D eigenvalue weighted by Crippen LogP contribution is -2.20. The maximum atomic E-state index is 4.43. The van der Waals surface area contributed by atoms with Crippen LogP contribution in [0.1, 0.15) is 30.5 Å². The second kappa shape index (κ2) is 8.32. The number of rotatable bonds is 4. The molecule has 0 saturated heterocycles. The lowest BCUT2D eigenvalue weighted by Gasteiger charge is -2.29. The number of nitrogens with one attached hydrogen (secondary N) is 1. The largest absolute Gasteiger partial charge is 0.374 e. The van der Waals surface area contributed by atoms with Crippen molar-refractivity contribution >= 4 is 29.6 Å². The van der Waals surface area contributed by atoms with Gasteiger partial charge in [-0.3, -0.25) is 0 Å². The van der Waals surface area contributed by atoms with Crippen molar-refractivity contribution in [2.24, 2.45) is 0 Å². The molecule has 2 aromatic rings. The Labute approximate surface area is 175 Å². The maximum absolute atomic E-state index is 4.43. The van der Waals surface area contributed by atoms with Crippen molar-refractivity contribution in [2.75, 3.05) is 29.6 Å². The molecule has 0 atom stereocenters. The van der Waals surface area contributed by atoms with E-state index in [-0.39, 0.29) is 5.41 Å². The summed E-state index contributed by atoms with van der Waals surface area (Å²) in [4.78, 5) is 2.22. The minimum Gasteiger partial charge on any atom is -0.374 e. The molecule has 0 radical (unpaired) electrons. The Balaban J connectivity index is 1.98. The Kier molecular flexibility index (Phi) is 6.04. The van der Waals surface area contributed by atoms with Crippen LogP contribution < -0.4 is 10.2 Å². The summed E-state index contributed by atoms with van der Waals surface area (Å²) < 4.78 is 0. The predicted octanol–water partition coefficient (Wildman–Crippen LogP) is 6.22. The first kappa shape index (κ1) is 20.3. The van der Waals surface area contributed by atoms with Crippen LogP contribution in [0.15, 0.2) is 73.0 Å². The summed E-state index contributed by atoms with van der Waals surface area (Å²) in [5, 5.41) is 3.48. The summed E-state index contributed by atoms with van der Waals surface area (Å²) >= 11 is 4.32. The average molecular weight is 391 g/mol. The molecule has 0 saturated carbocycles. The SMILES string of the molecule is C=C1/C=C(c2ccc(N(C)CCS)cc2)\C=C/Nc2ccc(C)cc2C1(C)C. The summed E-state index contributed by atoms with van der Waals surface area (Å²) in [5.74, 6) is 0.840. The summed E-state index contributed by atoms with van der Waals surface area (Å²) in [6.45, 7) is 12.0. The number of aryl methyl sites for hydroxylation is 1. The Bertz CT molecular complexity index is 920. The van der Waals surface area contributed by atoms with Gasteiger partial charge in [-0.1, -0.05) is 56.3 Å². The van der Waals surface area contributed by atoms with Crippen molar-refractivity contribution in [1.29, 1.82) is 0 Å². The van der Waals surface area contributed by atoms with E-state index < -0.39 is 0 Å². The van der Waals surface area contributed by atoms with Crippen LogP contribution in [0.2, 0.25) is 0 Å². The van der Waals surface area contributed by atoms with Gasteiger partial charge < -0.3 is 10.2 Å². The first-order valence-electron chi connectivity index (χ1n) is 9.70. The summed E-state index contributed by atoms with van der Waals surface area (Å²) in [6, 6.07) is 15.2. The highest BCUT2D eigenvalue weighted by molar-refractivity contribution is 7.80. The monoisotopic (exact) mass is 390 g/mol. The van der Waals surface area contributed by atoms with Crippen LogP contribution in [0.5, 0.6) is 0 Å². The zero-order valence-corrected chi connectivity index (χ0v) is 18.2. The molecule has 1 N–H and O–H groups in total. The smallest absolute Gasteiger partial charge is 0.0421 e. The molecule has 2 aromatic carbocycles. The van der Waals surface area contributed by atoms with Crippen molar-refractivity contribution in [3.05, 3.63) is 89.7 Å². The van der Waals surface area contributed by atoms with Crippen LogP contribution in [-0.2, 0) is 5.41 Å². The molecule has 2 nitrogen and oxygen atoms in total. The lowest BCUT2D eigenvalue weighted by atomic mass is 9.76. The Hall–Kier alpha value is -2.39. The van der Waals surface area contributed by atoms with Crippen molar-refractivity contribution in [1.82, 2.24) is 0 Å². The molecule has 0 amide bonds. The summed E-state index contributed by atoms with van der Waals surface area (Å²) in [6.07, 6.45) is 6.36. The van der Waals surface area contributed by atoms with E-state index >= 15 is 0 Å². The van der Waals surface area contributed by atoms with E-state index in [9.17, 15) is 0 Å². The second-order valence-electron chi connectivity index (χ2n) is 7.97. The fourth-order valence-corrected chi connectivity index (χ4v) is 3.78. The lowest BCUT2D eigenvalue weighted by molar-refractivity contribution is 0.643. The molecule has 28 heavy (non-hydrogen) atoms. The van der Waals surface area contributed by atoms with Crippen LogP contribution in [0.4, 0.5) is 11.4 Å². The van der Waals surface area contributed by atoms with Gasteiger partial charge in [-0.25, -0.2) is 0 Å². The molecule has 1 heterocycles. The van der Waals surface area contributed by atoms with Crippen LogP contribution in [-0.4, -0.2) is 19.3 Å². The van der Waals surface area contributed by atoms with Gasteiger partial charge in [0.05, 0.1) is 0 Å². The van der Waals surface area contributed by atoms with Gasteiger partial charge >= 0.3 is 0 Å². The van der Waals surface area contributed by atoms with Gasteiger partial charge in [0, 0.05) is 42.3 Å². The number of allylic oxidation sites excluding steroid dienone is 4. The molecule has 3 rings (SSSR count). The topological polar surface area (TPSA) is 15.3 Å². The zero-order chi connectivity index (χ0) is 20.3. The third-order valence-corrected chi connectivity index (χ3v) is 5.76. The highest BCUT2D eigenvalue weighted by Gasteiger charge is 2.27. The van der Waals surface area contributed by atoms with Gasteiger partial charge in [-0.15, -0.1) is 0 Å². The van der Waals surface area contributed by atoms with E-state index in [1.807, 2.05) is 6.20 Å². The minimum atomic E-state index is -0.168. The van der Waals surface area contributed by atoms with E-state index in [0.29, 0.717) is 0 Å². The summed E-state index contributed by atoms with van der Waals surface area (Å²) in [7, 11) is 2.10.